The summed E-state index contributed by atoms with van der Waals surface area (Å²) in [6.07, 6.45) is 1.44. The predicted molar refractivity (Wildman–Crippen MR) is 69.8 cm³/mol. The Kier molecular flexibility index (Phi) is 3.73. The molecule has 0 spiro atoms. The highest BCUT2D eigenvalue weighted by Crippen LogP contribution is 2.31. The second-order valence-corrected chi connectivity index (χ2v) is 5.76. The summed E-state index contributed by atoms with van der Waals surface area (Å²) in [5.74, 6) is -1.13. The summed E-state index contributed by atoms with van der Waals surface area (Å²) < 4.78 is 14.5. The predicted octanol–water partition coefficient (Wildman–Crippen LogP) is 3.03. The van der Waals surface area contributed by atoms with Gasteiger partial charge in [0.2, 0.25) is 0 Å². The summed E-state index contributed by atoms with van der Waals surface area (Å²) in [6.45, 7) is 2.72. The number of nitrogens with zero attached hydrogens (tertiary/aromatic N) is 1. The van der Waals surface area contributed by atoms with Crippen LogP contribution in [0.15, 0.2) is 22.7 Å². The van der Waals surface area contributed by atoms with Crippen LogP contribution in [-0.2, 0) is 11.3 Å². The van der Waals surface area contributed by atoms with Gasteiger partial charge in [-0.25, -0.2) is 4.39 Å². The first kappa shape index (κ1) is 13.5. The van der Waals surface area contributed by atoms with Gasteiger partial charge in [-0.3, -0.25) is 9.69 Å². The van der Waals surface area contributed by atoms with E-state index in [1.807, 2.05) is 4.90 Å². The highest BCUT2D eigenvalue weighted by atomic mass is 79.9. The van der Waals surface area contributed by atoms with Crippen LogP contribution in [0.4, 0.5) is 4.39 Å². The third-order valence-electron chi connectivity index (χ3n) is 3.62. The number of halogens is 2. The van der Waals surface area contributed by atoms with E-state index in [1.54, 1.807) is 19.1 Å². The molecule has 0 aromatic heterocycles. The number of carboxylic acids is 1. The molecule has 1 aliphatic rings. The molecule has 0 bridgehead atoms. The Labute approximate surface area is 114 Å². The van der Waals surface area contributed by atoms with Crippen LogP contribution >= 0.6 is 15.9 Å². The molecule has 0 saturated carbocycles. The van der Waals surface area contributed by atoms with Crippen molar-refractivity contribution in [3.63, 3.8) is 0 Å². The summed E-state index contributed by atoms with van der Waals surface area (Å²) in [4.78, 5) is 13.2. The van der Waals surface area contributed by atoms with Crippen molar-refractivity contribution < 1.29 is 14.3 Å². The zero-order valence-electron chi connectivity index (χ0n) is 10.1. The van der Waals surface area contributed by atoms with Crippen molar-refractivity contribution in [3.05, 3.63) is 34.1 Å². The summed E-state index contributed by atoms with van der Waals surface area (Å²) >= 11 is 3.30. The minimum atomic E-state index is -0.880. The second kappa shape index (κ2) is 4.97. The largest absolute Gasteiger partial charge is 0.480 e. The van der Waals surface area contributed by atoms with Crippen LogP contribution in [0.3, 0.4) is 0 Å². The van der Waals surface area contributed by atoms with Gasteiger partial charge in [-0.1, -0.05) is 15.9 Å². The number of benzene rings is 1. The number of aliphatic carboxylic acids is 1. The standard InChI is InChI=1S/C13H15BrFNO2/c1-13(12(17)18)5-2-6-16(13)8-9-7-10(14)3-4-11(9)15/h3-4,7H,2,5-6,8H2,1H3,(H,17,18). The van der Waals surface area contributed by atoms with Crippen molar-refractivity contribution in [1.29, 1.82) is 0 Å². The molecule has 1 aromatic carbocycles. The minimum Gasteiger partial charge on any atom is -0.480 e. The molecule has 0 radical (unpaired) electrons. The Hall–Kier alpha value is -0.940. The van der Waals surface area contributed by atoms with Crippen molar-refractivity contribution >= 4 is 21.9 Å². The highest BCUT2D eigenvalue weighted by Gasteiger charge is 2.43. The van der Waals surface area contributed by atoms with E-state index >= 15 is 0 Å². The lowest BCUT2D eigenvalue weighted by Gasteiger charge is -2.31. The van der Waals surface area contributed by atoms with Crippen LogP contribution < -0.4 is 0 Å². The Morgan fingerprint density at radius 2 is 2.33 bits per heavy atom. The SMILES string of the molecule is CC1(C(=O)O)CCCN1Cc1cc(Br)ccc1F. The monoisotopic (exact) mass is 315 g/mol. The van der Waals surface area contributed by atoms with E-state index in [0.29, 0.717) is 25.1 Å². The maximum absolute atomic E-state index is 13.7. The van der Waals surface area contributed by atoms with Gasteiger partial charge in [-0.15, -0.1) is 0 Å². The van der Waals surface area contributed by atoms with Crippen LogP contribution in [0.1, 0.15) is 25.3 Å². The first-order valence-corrected chi connectivity index (χ1v) is 6.65. The molecule has 5 heteroatoms. The smallest absolute Gasteiger partial charge is 0.323 e. The number of likely N-dealkylation sites (tertiary alicyclic amines) is 1. The molecule has 1 atom stereocenters. The molecular weight excluding hydrogens is 301 g/mol. The molecule has 0 amide bonds. The molecule has 98 valence electrons. The Morgan fingerprint density at radius 1 is 1.61 bits per heavy atom. The van der Waals surface area contributed by atoms with Crippen LogP contribution in [0.25, 0.3) is 0 Å². The normalized spacial score (nSPS) is 24.4. The average molecular weight is 316 g/mol. The van der Waals surface area contributed by atoms with Crippen molar-refractivity contribution in [2.45, 2.75) is 31.8 Å². The fourth-order valence-corrected chi connectivity index (χ4v) is 2.79. The van der Waals surface area contributed by atoms with Crippen molar-refractivity contribution in [3.8, 4) is 0 Å². The lowest BCUT2D eigenvalue weighted by Crippen LogP contribution is -2.47. The first-order chi connectivity index (χ1) is 8.43. The maximum atomic E-state index is 13.7. The number of hydrogen-bond donors (Lipinski definition) is 1. The molecule has 1 heterocycles. The van der Waals surface area contributed by atoms with Gasteiger partial charge in [0.1, 0.15) is 11.4 Å². The van der Waals surface area contributed by atoms with Crippen LogP contribution in [-0.4, -0.2) is 28.1 Å². The van der Waals surface area contributed by atoms with Crippen LogP contribution in [0.2, 0.25) is 0 Å². The zero-order chi connectivity index (χ0) is 13.3. The quantitative estimate of drug-likeness (QED) is 0.932. The van der Waals surface area contributed by atoms with Crippen molar-refractivity contribution in [2.24, 2.45) is 0 Å². The molecule has 3 nitrogen and oxygen atoms in total. The molecular formula is C13H15BrFNO2. The van der Waals surface area contributed by atoms with Crippen molar-refractivity contribution in [1.82, 2.24) is 4.90 Å². The van der Waals surface area contributed by atoms with Gasteiger partial charge in [-0.2, -0.15) is 0 Å². The number of rotatable bonds is 3. The summed E-state index contributed by atoms with van der Waals surface area (Å²) in [6, 6.07) is 4.74. The molecule has 1 unspecified atom stereocenters. The van der Waals surface area contributed by atoms with E-state index in [4.69, 9.17) is 0 Å². The van der Waals surface area contributed by atoms with E-state index in [9.17, 15) is 14.3 Å². The number of carboxylic acid groups (broad SMARTS) is 1. The van der Waals surface area contributed by atoms with Gasteiger partial charge in [0, 0.05) is 16.6 Å². The third-order valence-corrected chi connectivity index (χ3v) is 4.11. The first-order valence-electron chi connectivity index (χ1n) is 5.86. The van der Waals surface area contributed by atoms with Gasteiger partial charge in [0.25, 0.3) is 0 Å². The second-order valence-electron chi connectivity index (χ2n) is 4.84. The molecule has 2 rings (SSSR count). The lowest BCUT2D eigenvalue weighted by molar-refractivity contribution is -0.148. The highest BCUT2D eigenvalue weighted by molar-refractivity contribution is 9.10. The molecule has 1 aromatic rings. The molecule has 18 heavy (non-hydrogen) atoms. The van der Waals surface area contributed by atoms with E-state index in [1.165, 1.54) is 6.07 Å². The van der Waals surface area contributed by atoms with Gasteiger partial charge in [0.05, 0.1) is 0 Å². The Balaban J connectivity index is 2.23. The summed E-state index contributed by atoms with van der Waals surface area (Å²) in [7, 11) is 0. The molecule has 1 aliphatic heterocycles. The minimum absolute atomic E-state index is 0.294. The van der Waals surface area contributed by atoms with Crippen LogP contribution in [0.5, 0.6) is 0 Å². The lowest BCUT2D eigenvalue weighted by atomic mass is 9.99. The molecule has 1 saturated heterocycles. The number of carbonyl (C=O) groups is 1. The van der Waals surface area contributed by atoms with E-state index in [2.05, 4.69) is 15.9 Å². The van der Waals surface area contributed by atoms with Gasteiger partial charge in [-0.05, 0) is 44.5 Å². The van der Waals surface area contributed by atoms with Crippen molar-refractivity contribution in [2.75, 3.05) is 6.54 Å². The third kappa shape index (κ3) is 2.42. The average Bonchev–Trinajstić information content (AvgIpc) is 2.67. The fourth-order valence-electron chi connectivity index (χ4n) is 2.38. The maximum Gasteiger partial charge on any atom is 0.323 e. The Bertz CT molecular complexity index is 480. The Morgan fingerprint density at radius 3 is 3.00 bits per heavy atom. The van der Waals surface area contributed by atoms with Gasteiger partial charge >= 0.3 is 5.97 Å². The fraction of sp³-hybridized carbons (Fsp3) is 0.462. The molecule has 1 N–H and O–H groups in total. The van der Waals surface area contributed by atoms with E-state index in [0.717, 1.165) is 10.9 Å². The van der Waals surface area contributed by atoms with Gasteiger partial charge in [0.15, 0.2) is 0 Å². The zero-order valence-corrected chi connectivity index (χ0v) is 11.7. The summed E-state index contributed by atoms with van der Waals surface area (Å²) in [5.41, 5.74) is -0.354. The molecule has 1 fully saturated rings. The summed E-state index contributed by atoms with van der Waals surface area (Å²) in [5, 5.41) is 9.30. The van der Waals surface area contributed by atoms with E-state index < -0.39 is 11.5 Å². The van der Waals surface area contributed by atoms with Gasteiger partial charge < -0.3 is 5.11 Å². The molecule has 0 aliphatic carbocycles. The van der Waals surface area contributed by atoms with Crippen LogP contribution in [0, 0.1) is 5.82 Å². The topological polar surface area (TPSA) is 40.5 Å². The number of hydrogen-bond acceptors (Lipinski definition) is 2. The van der Waals surface area contributed by atoms with E-state index in [-0.39, 0.29) is 5.82 Å².